The van der Waals surface area contributed by atoms with Gasteiger partial charge in [-0.15, -0.1) is 0 Å². The quantitative estimate of drug-likeness (QED) is 0.300. The zero-order valence-corrected chi connectivity index (χ0v) is 21.0. The van der Waals surface area contributed by atoms with Crippen molar-refractivity contribution in [2.24, 2.45) is 0 Å². The number of aliphatic hydroxyl groups is 1. The molecular formula is C25H25N5O6S. The molecule has 4 rings (SSSR count). The van der Waals surface area contributed by atoms with Gasteiger partial charge in [0.05, 0.1) is 25.7 Å². The fourth-order valence-electron chi connectivity index (χ4n) is 3.26. The lowest BCUT2D eigenvalue weighted by Gasteiger charge is -2.18. The van der Waals surface area contributed by atoms with Crippen LogP contribution in [0.3, 0.4) is 0 Å². The topological polar surface area (TPSA) is 146 Å². The maximum Gasteiger partial charge on any atom is 0.263 e. The first-order valence-electron chi connectivity index (χ1n) is 11.2. The standard InChI is InChI=1S/C25H25N5O6S/c1-17-7-9-18(10-8-17)16-37(32,33)30-24-22(36-21-6-4-3-5-20(21)34-2)25(35-14-13-31)29-23(28-24)19-15-26-11-12-27-19/h3-12,15,31H,13-14,16H2,1-2H3,(H,28,29,30). The molecule has 0 saturated carbocycles. The van der Waals surface area contributed by atoms with Gasteiger partial charge >= 0.3 is 0 Å². The van der Waals surface area contributed by atoms with Gasteiger partial charge in [0, 0.05) is 12.4 Å². The van der Waals surface area contributed by atoms with Crippen molar-refractivity contribution in [1.29, 1.82) is 0 Å². The number of methoxy groups -OCH3 is 1. The summed E-state index contributed by atoms with van der Waals surface area (Å²) in [6, 6.07) is 13.9. The maximum absolute atomic E-state index is 13.2. The number of nitrogens with zero attached hydrogens (tertiary/aromatic N) is 4. The molecule has 0 spiro atoms. The summed E-state index contributed by atoms with van der Waals surface area (Å²) in [5, 5.41) is 9.35. The molecule has 0 atom stereocenters. The summed E-state index contributed by atoms with van der Waals surface area (Å²) in [7, 11) is -2.48. The number of benzene rings is 2. The lowest BCUT2D eigenvalue weighted by molar-refractivity contribution is 0.192. The number of sulfonamides is 1. The number of nitrogens with one attached hydrogen (secondary N) is 1. The first-order valence-corrected chi connectivity index (χ1v) is 12.8. The predicted octanol–water partition coefficient (Wildman–Crippen LogP) is 3.36. The van der Waals surface area contributed by atoms with Crippen molar-refractivity contribution < 1.29 is 27.7 Å². The number of para-hydroxylation sites is 2. The van der Waals surface area contributed by atoms with Gasteiger partial charge in [-0.2, -0.15) is 4.98 Å². The van der Waals surface area contributed by atoms with Crippen LogP contribution in [-0.2, 0) is 15.8 Å². The molecule has 2 heterocycles. The summed E-state index contributed by atoms with van der Waals surface area (Å²) in [6.45, 7) is 1.47. The SMILES string of the molecule is COc1ccccc1Oc1c(NS(=O)(=O)Cc2ccc(C)cc2)nc(-c2cnccn2)nc1OCCO. The van der Waals surface area contributed by atoms with E-state index in [-0.39, 0.29) is 53.7 Å². The number of anilines is 1. The lowest BCUT2D eigenvalue weighted by atomic mass is 10.2. The molecule has 0 aliphatic rings. The zero-order valence-electron chi connectivity index (χ0n) is 20.2. The molecule has 12 heteroatoms. The van der Waals surface area contributed by atoms with E-state index in [9.17, 15) is 13.5 Å². The average Bonchev–Trinajstić information content (AvgIpc) is 2.90. The molecule has 0 amide bonds. The Kier molecular flexibility index (Phi) is 8.11. The Morgan fingerprint density at radius 1 is 1.00 bits per heavy atom. The molecule has 0 saturated heterocycles. The second kappa shape index (κ2) is 11.6. The minimum absolute atomic E-state index is 0.0430. The van der Waals surface area contributed by atoms with E-state index >= 15 is 0 Å². The Labute approximate surface area is 214 Å². The second-order valence-corrected chi connectivity index (χ2v) is 9.51. The van der Waals surface area contributed by atoms with Gasteiger partial charge in [0.15, 0.2) is 23.1 Å². The van der Waals surface area contributed by atoms with Gasteiger partial charge in [0.25, 0.3) is 5.88 Å². The Morgan fingerprint density at radius 3 is 2.43 bits per heavy atom. The maximum atomic E-state index is 13.2. The molecule has 0 aliphatic heterocycles. The summed E-state index contributed by atoms with van der Waals surface area (Å²) in [6.07, 6.45) is 4.36. The summed E-state index contributed by atoms with van der Waals surface area (Å²) < 4.78 is 45.9. The molecule has 0 bridgehead atoms. The summed E-state index contributed by atoms with van der Waals surface area (Å²) >= 11 is 0. The Morgan fingerprint density at radius 2 is 1.76 bits per heavy atom. The highest BCUT2D eigenvalue weighted by Gasteiger charge is 2.25. The van der Waals surface area contributed by atoms with E-state index in [0.29, 0.717) is 11.3 Å². The van der Waals surface area contributed by atoms with Gasteiger partial charge in [-0.3, -0.25) is 9.71 Å². The zero-order chi connectivity index (χ0) is 26.3. The summed E-state index contributed by atoms with van der Waals surface area (Å²) in [4.78, 5) is 17.0. The molecule has 37 heavy (non-hydrogen) atoms. The van der Waals surface area contributed by atoms with Crippen LogP contribution in [0.1, 0.15) is 11.1 Å². The van der Waals surface area contributed by atoms with Gasteiger partial charge in [0.1, 0.15) is 12.3 Å². The number of hydrogen-bond acceptors (Lipinski definition) is 10. The molecule has 0 aliphatic carbocycles. The van der Waals surface area contributed by atoms with Crippen molar-refractivity contribution in [2.45, 2.75) is 12.7 Å². The number of hydrogen-bond donors (Lipinski definition) is 2. The fraction of sp³-hybridized carbons (Fsp3) is 0.200. The van der Waals surface area contributed by atoms with E-state index in [1.54, 1.807) is 36.4 Å². The molecule has 2 N–H and O–H groups in total. The molecule has 11 nitrogen and oxygen atoms in total. The number of rotatable bonds is 11. The molecule has 192 valence electrons. The summed E-state index contributed by atoms with van der Waals surface area (Å²) in [5.74, 6) is -0.000805. The number of ether oxygens (including phenoxy) is 3. The van der Waals surface area contributed by atoms with Crippen LogP contribution in [0.2, 0.25) is 0 Å². The van der Waals surface area contributed by atoms with E-state index < -0.39 is 10.0 Å². The molecule has 0 unspecified atom stereocenters. The highest BCUT2D eigenvalue weighted by molar-refractivity contribution is 7.91. The van der Waals surface area contributed by atoms with E-state index in [4.69, 9.17) is 14.2 Å². The van der Waals surface area contributed by atoms with Crippen LogP contribution in [-0.4, -0.2) is 53.8 Å². The van der Waals surface area contributed by atoms with Crippen molar-refractivity contribution in [2.75, 3.05) is 25.0 Å². The van der Waals surface area contributed by atoms with Gasteiger partial charge < -0.3 is 19.3 Å². The van der Waals surface area contributed by atoms with Crippen molar-refractivity contribution in [3.05, 3.63) is 78.2 Å². The van der Waals surface area contributed by atoms with Crippen LogP contribution in [0.15, 0.2) is 67.1 Å². The third kappa shape index (κ3) is 6.68. The molecule has 4 aromatic rings. The Balaban J connectivity index is 1.81. The Hall–Kier alpha value is -4.29. The monoisotopic (exact) mass is 523 g/mol. The van der Waals surface area contributed by atoms with Crippen molar-refractivity contribution >= 4 is 15.8 Å². The van der Waals surface area contributed by atoms with Gasteiger partial charge in [-0.1, -0.05) is 42.0 Å². The lowest BCUT2D eigenvalue weighted by Crippen LogP contribution is -2.18. The van der Waals surface area contributed by atoms with E-state index in [0.717, 1.165) is 5.56 Å². The third-order valence-electron chi connectivity index (χ3n) is 4.97. The predicted molar refractivity (Wildman–Crippen MR) is 136 cm³/mol. The van der Waals surface area contributed by atoms with Crippen LogP contribution in [0.4, 0.5) is 5.82 Å². The Bertz CT molecular complexity index is 1450. The van der Waals surface area contributed by atoms with Gasteiger partial charge in [-0.05, 0) is 24.6 Å². The second-order valence-electron chi connectivity index (χ2n) is 7.79. The van der Waals surface area contributed by atoms with E-state index in [1.165, 1.54) is 25.7 Å². The first-order chi connectivity index (χ1) is 17.9. The van der Waals surface area contributed by atoms with Crippen LogP contribution in [0, 0.1) is 6.92 Å². The van der Waals surface area contributed by atoms with Crippen LogP contribution >= 0.6 is 0 Å². The number of aliphatic hydroxyl groups excluding tert-OH is 1. The summed E-state index contributed by atoms with van der Waals surface area (Å²) in [5.41, 5.74) is 1.88. The largest absolute Gasteiger partial charge is 0.493 e. The minimum Gasteiger partial charge on any atom is -0.493 e. The van der Waals surface area contributed by atoms with Gasteiger partial charge in [0.2, 0.25) is 15.8 Å². The highest BCUT2D eigenvalue weighted by atomic mass is 32.2. The van der Waals surface area contributed by atoms with Crippen molar-refractivity contribution in [3.63, 3.8) is 0 Å². The normalized spacial score (nSPS) is 11.1. The molecular weight excluding hydrogens is 498 g/mol. The molecule has 2 aromatic carbocycles. The molecule has 0 fully saturated rings. The number of aromatic nitrogens is 4. The van der Waals surface area contributed by atoms with Crippen molar-refractivity contribution in [1.82, 2.24) is 19.9 Å². The van der Waals surface area contributed by atoms with Crippen LogP contribution in [0.25, 0.3) is 11.5 Å². The molecule has 0 radical (unpaired) electrons. The fourth-order valence-corrected chi connectivity index (χ4v) is 4.40. The van der Waals surface area contributed by atoms with Crippen LogP contribution < -0.4 is 18.9 Å². The minimum atomic E-state index is -3.96. The van der Waals surface area contributed by atoms with Gasteiger partial charge in [-0.25, -0.2) is 18.4 Å². The first kappa shape index (κ1) is 25.8. The average molecular weight is 524 g/mol. The molecule has 2 aromatic heterocycles. The highest BCUT2D eigenvalue weighted by Crippen LogP contribution is 2.41. The number of aryl methyl sites for hydroxylation is 1. The van der Waals surface area contributed by atoms with E-state index in [1.807, 2.05) is 19.1 Å². The van der Waals surface area contributed by atoms with Crippen LogP contribution in [0.5, 0.6) is 23.1 Å². The van der Waals surface area contributed by atoms with Crippen molar-refractivity contribution in [3.8, 4) is 34.6 Å². The smallest absolute Gasteiger partial charge is 0.263 e. The third-order valence-corrected chi connectivity index (χ3v) is 6.19. The van der Waals surface area contributed by atoms with E-state index in [2.05, 4.69) is 24.7 Å².